The van der Waals surface area contributed by atoms with Crippen molar-refractivity contribution in [2.45, 2.75) is 32.7 Å². The van der Waals surface area contributed by atoms with Crippen LogP contribution < -0.4 is 5.73 Å². The molecule has 0 bridgehead atoms. The number of likely N-dealkylation sites (tertiary alicyclic amines) is 1. The molecular formula is C17H32N4O3. The predicted molar refractivity (Wildman–Crippen MR) is 92.5 cm³/mol. The van der Waals surface area contributed by atoms with Crippen molar-refractivity contribution in [2.24, 2.45) is 11.7 Å². The Morgan fingerprint density at radius 1 is 1.21 bits per heavy atom. The Kier molecular flexibility index (Phi) is 7.45. The van der Waals surface area contributed by atoms with Gasteiger partial charge in [-0.15, -0.1) is 0 Å². The van der Waals surface area contributed by atoms with Gasteiger partial charge >= 0.3 is 0 Å². The standard InChI is InChI=1S/C17H32N4O3/c1-3-24-12-11-19-7-9-20(10-8-19)14(2)17(23)21-6-4-5-15(13-21)16(18)22/h14-15H,3-13H2,1-2H3,(H2,18,22). The van der Waals surface area contributed by atoms with Crippen LogP contribution in [0.4, 0.5) is 0 Å². The molecule has 2 N–H and O–H groups in total. The lowest BCUT2D eigenvalue weighted by atomic mass is 9.97. The molecule has 138 valence electrons. The van der Waals surface area contributed by atoms with Gasteiger partial charge in [-0.25, -0.2) is 0 Å². The first kappa shape index (κ1) is 19.1. The number of nitrogens with two attached hydrogens (primary N) is 1. The van der Waals surface area contributed by atoms with E-state index in [0.29, 0.717) is 6.54 Å². The first-order valence-corrected chi connectivity index (χ1v) is 9.15. The van der Waals surface area contributed by atoms with E-state index in [1.54, 1.807) is 0 Å². The maximum absolute atomic E-state index is 12.8. The molecule has 2 aliphatic heterocycles. The van der Waals surface area contributed by atoms with Crippen LogP contribution in [-0.2, 0) is 14.3 Å². The molecule has 2 rings (SSSR count). The van der Waals surface area contributed by atoms with E-state index in [4.69, 9.17) is 10.5 Å². The van der Waals surface area contributed by atoms with Crippen molar-refractivity contribution < 1.29 is 14.3 Å². The molecule has 2 saturated heterocycles. The van der Waals surface area contributed by atoms with Gasteiger partial charge in [0.05, 0.1) is 18.6 Å². The van der Waals surface area contributed by atoms with Gasteiger partial charge in [-0.3, -0.25) is 19.4 Å². The van der Waals surface area contributed by atoms with Crippen LogP contribution in [0.25, 0.3) is 0 Å². The summed E-state index contributed by atoms with van der Waals surface area (Å²) in [6.45, 7) is 11.4. The number of carbonyl (C=O) groups excluding carboxylic acids is 2. The Morgan fingerprint density at radius 2 is 1.92 bits per heavy atom. The Morgan fingerprint density at radius 3 is 2.54 bits per heavy atom. The summed E-state index contributed by atoms with van der Waals surface area (Å²) in [7, 11) is 0. The van der Waals surface area contributed by atoms with Crippen LogP contribution in [0.2, 0.25) is 0 Å². The second kappa shape index (κ2) is 9.34. The molecule has 0 radical (unpaired) electrons. The summed E-state index contributed by atoms with van der Waals surface area (Å²) >= 11 is 0. The minimum absolute atomic E-state index is 0.128. The van der Waals surface area contributed by atoms with Gasteiger partial charge in [0.15, 0.2) is 0 Å². The number of piperidine rings is 1. The maximum atomic E-state index is 12.8. The number of primary amides is 1. The minimum atomic E-state index is -0.289. The fraction of sp³-hybridized carbons (Fsp3) is 0.882. The van der Waals surface area contributed by atoms with E-state index < -0.39 is 0 Å². The molecule has 2 aliphatic rings. The summed E-state index contributed by atoms with van der Waals surface area (Å²) in [6, 6.07) is -0.134. The van der Waals surface area contributed by atoms with Gasteiger partial charge in [0, 0.05) is 52.4 Å². The summed E-state index contributed by atoms with van der Waals surface area (Å²) in [6.07, 6.45) is 1.66. The fourth-order valence-electron chi connectivity index (χ4n) is 3.54. The van der Waals surface area contributed by atoms with E-state index in [1.165, 1.54) is 0 Å². The highest BCUT2D eigenvalue weighted by Crippen LogP contribution is 2.18. The van der Waals surface area contributed by atoms with Crippen LogP contribution in [0.5, 0.6) is 0 Å². The molecule has 0 aromatic heterocycles. The quantitative estimate of drug-likeness (QED) is 0.647. The van der Waals surface area contributed by atoms with Crippen LogP contribution in [-0.4, -0.2) is 91.6 Å². The molecule has 0 saturated carbocycles. The average Bonchev–Trinajstić information content (AvgIpc) is 2.61. The molecular weight excluding hydrogens is 308 g/mol. The van der Waals surface area contributed by atoms with E-state index in [1.807, 2.05) is 18.7 Å². The molecule has 0 spiro atoms. The molecule has 2 unspecified atom stereocenters. The van der Waals surface area contributed by atoms with Gasteiger partial charge in [-0.05, 0) is 26.7 Å². The van der Waals surface area contributed by atoms with Gasteiger partial charge < -0.3 is 15.4 Å². The van der Waals surface area contributed by atoms with Crippen molar-refractivity contribution >= 4 is 11.8 Å². The molecule has 2 atom stereocenters. The van der Waals surface area contributed by atoms with E-state index in [-0.39, 0.29) is 23.8 Å². The van der Waals surface area contributed by atoms with Gasteiger partial charge in [0.25, 0.3) is 0 Å². The Hall–Kier alpha value is -1.18. The van der Waals surface area contributed by atoms with Gasteiger partial charge in [0.2, 0.25) is 11.8 Å². The van der Waals surface area contributed by atoms with E-state index in [2.05, 4.69) is 9.80 Å². The topological polar surface area (TPSA) is 79.1 Å². The van der Waals surface area contributed by atoms with Crippen LogP contribution >= 0.6 is 0 Å². The number of piperazine rings is 1. The van der Waals surface area contributed by atoms with E-state index in [9.17, 15) is 9.59 Å². The Bertz CT molecular complexity index is 424. The fourth-order valence-corrected chi connectivity index (χ4v) is 3.54. The summed E-state index contributed by atoms with van der Waals surface area (Å²) in [4.78, 5) is 30.6. The minimum Gasteiger partial charge on any atom is -0.380 e. The zero-order chi connectivity index (χ0) is 17.5. The van der Waals surface area contributed by atoms with E-state index >= 15 is 0 Å². The summed E-state index contributed by atoms with van der Waals surface area (Å²) < 4.78 is 5.40. The first-order chi connectivity index (χ1) is 11.5. The zero-order valence-electron chi connectivity index (χ0n) is 15.1. The summed E-state index contributed by atoms with van der Waals surface area (Å²) in [5.41, 5.74) is 5.41. The average molecular weight is 340 g/mol. The number of hydrogen-bond donors (Lipinski definition) is 1. The number of hydrogen-bond acceptors (Lipinski definition) is 5. The third-order valence-corrected chi connectivity index (χ3v) is 5.20. The lowest BCUT2D eigenvalue weighted by molar-refractivity contribution is -0.140. The van der Waals surface area contributed by atoms with E-state index in [0.717, 1.165) is 65.3 Å². The van der Waals surface area contributed by atoms with Gasteiger partial charge in [0.1, 0.15) is 0 Å². The summed E-state index contributed by atoms with van der Waals surface area (Å²) in [5, 5.41) is 0. The first-order valence-electron chi connectivity index (χ1n) is 9.15. The van der Waals surface area contributed by atoms with Crippen molar-refractivity contribution in [2.75, 3.05) is 59.0 Å². The number of amides is 2. The van der Waals surface area contributed by atoms with Crippen molar-refractivity contribution in [3.05, 3.63) is 0 Å². The second-order valence-corrected chi connectivity index (χ2v) is 6.78. The largest absolute Gasteiger partial charge is 0.380 e. The van der Waals surface area contributed by atoms with Crippen molar-refractivity contribution in [3.63, 3.8) is 0 Å². The molecule has 2 heterocycles. The molecule has 2 fully saturated rings. The van der Waals surface area contributed by atoms with Crippen LogP contribution in [0, 0.1) is 5.92 Å². The lowest BCUT2D eigenvalue weighted by Gasteiger charge is -2.40. The molecule has 0 aromatic carbocycles. The maximum Gasteiger partial charge on any atom is 0.239 e. The third-order valence-electron chi connectivity index (χ3n) is 5.20. The molecule has 7 nitrogen and oxygen atoms in total. The Balaban J connectivity index is 1.78. The monoisotopic (exact) mass is 340 g/mol. The SMILES string of the molecule is CCOCCN1CCN(C(C)C(=O)N2CCCC(C(N)=O)C2)CC1. The van der Waals surface area contributed by atoms with Crippen molar-refractivity contribution in [3.8, 4) is 0 Å². The normalized spacial score (nSPS) is 24.8. The smallest absolute Gasteiger partial charge is 0.239 e. The van der Waals surface area contributed by atoms with Crippen LogP contribution in [0.15, 0.2) is 0 Å². The summed E-state index contributed by atoms with van der Waals surface area (Å²) in [5.74, 6) is -0.350. The highest BCUT2D eigenvalue weighted by Gasteiger charge is 2.32. The van der Waals surface area contributed by atoms with Crippen LogP contribution in [0.3, 0.4) is 0 Å². The highest BCUT2D eigenvalue weighted by molar-refractivity contribution is 5.83. The number of carbonyl (C=O) groups is 2. The molecule has 0 aliphatic carbocycles. The second-order valence-electron chi connectivity index (χ2n) is 6.78. The van der Waals surface area contributed by atoms with Crippen molar-refractivity contribution in [1.29, 1.82) is 0 Å². The lowest BCUT2D eigenvalue weighted by Crippen LogP contribution is -2.56. The zero-order valence-corrected chi connectivity index (χ0v) is 15.1. The van der Waals surface area contributed by atoms with Crippen LogP contribution in [0.1, 0.15) is 26.7 Å². The molecule has 24 heavy (non-hydrogen) atoms. The van der Waals surface area contributed by atoms with Gasteiger partial charge in [-0.1, -0.05) is 0 Å². The third kappa shape index (κ3) is 5.16. The number of ether oxygens (including phenoxy) is 1. The number of rotatable bonds is 7. The molecule has 0 aromatic rings. The Labute approximate surface area is 145 Å². The van der Waals surface area contributed by atoms with Gasteiger partial charge in [-0.2, -0.15) is 0 Å². The highest BCUT2D eigenvalue weighted by atomic mass is 16.5. The number of nitrogens with zero attached hydrogens (tertiary/aromatic N) is 3. The molecule has 7 heteroatoms. The predicted octanol–water partition coefficient (Wildman–Crippen LogP) is -0.247. The van der Waals surface area contributed by atoms with Crippen molar-refractivity contribution in [1.82, 2.24) is 14.7 Å². The molecule has 2 amide bonds.